The van der Waals surface area contributed by atoms with Crippen molar-refractivity contribution in [2.75, 3.05) is 27.3 Å². The molecule has 10 heteroatoms. The first kappa shape index (κ1) is 30.3. The summed E-state index contributed by atoms with van der Waals surface area (Å²) in [6.07, 6.45) is 5.05. The van der Waals surface area contributed by atoms with Gasteiger partial charge in [-0.2, -0.15) is 0 Å². The molecule has 0 bridgehead atoms. The van der Waals surface area contributed by atoms with Crippen molar-refractivity contribution >= 4 is 50.1 Å². The molecule has 0 saturated heterocycles. The Hall–Kier alpha value is -4.31. The fraction of sp³-hybridized carbons (Fsp3) is 0.250. The molecule has 6 aromatic rings. The first-order chi connectivity index (χ1) is 22.0. The monoisotopic (exact) mass is 621 g/mol. The van der Waals surface area contributed by atoms with Crippen LogP contribution in [0.5, 0.6) is 11.5 Å². The van der Waals surface area contributed by atoms with Gasteiger partial charge >= 0.3 is 29.6 Å². The molecule has 3 aromatic carbocycles. The summed E-state index contributed by atoms with van der Waals surface area (Å²) in [6, 6.07) is 17.4. The Bertz CT molecular complexity index is 2090. The predicted molar refractivity (Wildman–Crippen MR) is 175 cm³/mol. The molecule has 9 nitrogen and oxygen atoms in total. The summed E-state index contributed by atoms with van der Waals surface area (Å²) in [5.74, 6) is 0.390. The molecule has 0 aliphatic carbocycles. The summed E-state index contributed by atoms with van der Waals surface area (Å²) in [4.78, 5) is 32.6. The van der Waals surface area contributed by atoms with Crippen LogP contribution in [0.15, 0.2) is 70.8 Å². The Kier molecular flexibility index (Phi) is 8.00. The Balaban J connectivity index is 0.00000338. The van der Waals surface area contributed by atoms with Gasteiger partial charge in [0.05, 0.1) is 43.0 Å². The molecule has 2 aliphatic heterocycles. The predicted octanol–water partition coefficient (Wildman–Crippen LogP) is 2.47. The Morgan fingerprint density at radius 2 is 1.35 bits per heavy atom. The second-order valence-corrected chi connectivity index (χ2v) is 11.8. The van der Waals surface area contributed by atoms with Crippen LogP contribution in [0.2, 0.25) is 0 Å². The van der Waals surface area contributed by atoms with Crippen LogP contribution in [0.3, 0.4) is 0 Å². The SMILES string of the molecule is COc1ccc2c3c([nH]c2c1)C(CC(CC1=NCCc2c1[nH]c1cc(OC)ccc21)c1c[nH]c2ccc(C(=O)[O-])cc12)=NCC3.[Na+]. The quantitative estimate of drug-likeness (QED) is 0.226. The van der Waals surface area contributed by atoms with Crippen LogP contribution in [0.4, 0.5) is 0 Å². The van der Waals surface area contributed by atoms with E-state index in [1.165, 1.54) is 21.9 Å². The third-order valence-corrected chi connectivity index (χ3v) is 9.40. The molecule has 226 valence electrons. The van der Waals surface area contributed by atoms with E-state index in [9.17, 15) is 9.90 Å². The van der Waals surface area contributed by atoms with E-state index < -0.39 is 5.97 Å². The van der Waals surface area contributed by atoms with Gasteiger partial charge in [-0.15, -0.1) is 0 Å². The zero-order valence-corrected chi connectivity index (χ0v) is 28.1. The van der Waals surface area contributed by atoms with Gasteiger partial charge in [0.1, 0.15) is 11.5 Å². The largest absolute Gasteiger partial charge is 1.00 e. The fourth-order valence-corrected chi connectivity index (χ4v) is 7.20. The molecule has 0 radical (unpaired) electrons. The van der Waals surface area contributed by atoms with E-state index in [-0.39, 0.29) is 41.0 Å². The van der Waals surface area contributed by atoms with E-state index in [0.29, 0.717) is 25.9 Å². The van der Waals surface area contributed by atoms with Crippen LogP contribution >= 0.6 is 0 Å². The number of carbonyl (C=O) groups is 1. The van der Waals surface area contributed by atoms with Gasteiger partial charge < -0.3 is 34.3 Å². The molecule has 0 amide bonds. The van der Waals surface area contributed by atoms with Crippen molar-refractivity contribution in [1.82, 2.24) is 15.0 Å². The summed E-state index contributed by atoms with van der Waals surface area (Å²) in [7, 11) is 3.36. The Morgan fingerprint density at radius 3 is 1.87 bits per heavy atom. The van der Waals surface area contributed by atoms with Gasteiger partial charge in [0.15, 0.2) is 0 Å². The number of carboxylic acid groups (broad SMARTS) is 1. The van der Waals surface area contributed by atoms with Crippen LogP contribution in [-0.4, -0.2) is 59.7 Å². The summed E-state index contributed by atoms with van der Waals surface area (Å²) in [5.41, 5.74) is 10.8. The number of carbonyl (C=O) groups excluding carboxylic acids is 1. The minimum Gasteiger partial charge on any atom is -0.545 e. The Labute approximate surface area is 287 Å². The number of nitrogens with zero attached hydrogens (tertiary/aromatic N) is 2. The summed E-state index contributed by atoms with van der Waals surface area (Å²) in [6.45, 7) is 1.43. The van der Waals surface area contributed by atoms with Crippen LogP contribution in [0.1, 0.15) is 57.2 Å². The number of rotatable bonds is 8. The van der Waals surface area contributed by atoms with Crippen molar-refractivity contribution in [3.05, 3.63) is 94.4 Å². The van der Waals surface area contributed by atoms with Gasteiger partial charge in [0.25, 0.3) is 0 Å². The molecule has 0 saturated carbocycles. The molecule has 3 N–H and O–H groups in total. The minimum absolute atomic E-state index is 0. The number of aliphatic imine (C=N–C) groups is 2. The number of hydrogen-bond acceptors (Lipinski definition) is 6. The molecular weight excluding hydrogens is 589 g/mol. The van der Waals surface area contributed by atoms with E-state index in [2.05, 4.69) is 27.1 Å². The van der Waals surface area contributed by atoms with Crippen LogP contribution in [0.25, 0.3) is 32.7 Å². The maximum absolute atomic E-state index is 11.8. The minimum atomic E-state index is -1.19. The second-order valence-electron chi connectivity index (χ2n) is 11.8. The molecule has 46 heavy (non-hydrogen) atoms. The van der Waals surface area contributed by atoms with Gasteiger partial charge in [-0.25, -0.2) is 0 Å². The number of aromatic carboxylic acids is 1. The first-order valence-corrected chi connectivity index (χ1v) is 15.3. The summed E-state index contributed by atoms with van der Waals surface area (Å²) < 4.78 is 11.0. The van der Waals surface area contributed by atoms with Crippen LogP contribution < -0.4 is 44.1 Å². The average Bonchev–Trinajstić information content (AvgIpc) is 3.77. The number of benzene rings is 3. The molecule has 0 fully saturated rings. The number of ether oxygens (including phenoxy) is 2. The number of fused-ring (bicyclic) bond motifs is 7. The van der Waals surface area contributed by atoms with E-state index in [0.717, 1.165) is 74.7 Å². The van der Waals surface area contributed by atoms with Gasteiger partial charge in [0.2, 0.25) is 0 Å². The van der Waals surface area contributed by atoms with Crippen molar-refractivity contribution in [2.45, 2.75) is 31.6 Å². The van der Waals surface area contributed by atoms with E-state index in [1.807, 2.05) is 36.5 Å². The van der Waals surface area contributed by atoms with Crippen LogP contribution in [-0.2, 0) is 12.8 Å². The number of carboxylic acids is 1. The molecule has 0 spiro atoms. The van der Waals surface area contributed by atoms with E-state index in [1.54, 1.807) is 26.4 Å². The van der Waals surface area contributed by atoms with E-state index >= 15 is 0 Å². The third kappa shape index (κ3) is 5.12. The van der Waals surface area contributed by atoms with Crippen molar-refractivity contribution in [3.8, 4) is 11.5 Å². The summed E-state index contributed by atoms with van der Waals surface area (Å²) >= 11 is 0. The average molecular weight is 622 g/mol. The van der Waals surface area contributed by atoms with Crippen molar-refractivity contribution in [2.24, 2.45) is 9.98 Å². The van der Waals surface area contributed by atoms with Crippen molar-refractivity contribution in [1.29, 1.82) is 0 Å². The summed E-state index contributed by atoms with van der Waals surface area (Å²) in [5, 5.41) is 15.1. The van der Waals surface area contributed by atoms with Crippen molar-refractivity contribution in [3.63, 3.8) is 0 Å². The first-order valence-electron chi connectivity index (χ1n) is 15.3. The normalized spacial score (nSPS) is 14.2. The molecule has 3 aromatic heterocycles. The molecular formula is C36H32N5NaO4. The number of aromatic amines is 3. The Morgan fingerprint density at radius 1 is 0.783 bits per heavy atom. The smallest absolute Gasteiger partial charge is 0.545 e. The number of aromatic nitrogens is 3. The molecule has 8 rings (SSSR count). The fourth-order valence-electron chi connectivity index (χ4n) is 7.20. The standard InChI is InChI=1S/C36H33N5O4.Na/c1-44-21-4-6-23-25-9-11-37-32(34(25)40-30(23)16-21)14-20(28-18-39-29-8-3-19(36(42)43)13-27(28)29)15-33-35-26(10-12-38-33)24-7-5-22(45-2)17-31(24)41-35;/h3-8,13,16-18,20,39-41H,9-12,14-15H2,1-2H3,(H,42,43);/q;+1/p-1. The van der Waals surface area contributed by atoms with Crippen molar-refractivity contribution < 1.29 is 48.9 Å². The number of hydrogen-bond donors (Lipinski definition) is 3. The zero-order chi connectivity index (χ0) is 30.7. The molecule has 2 aliphatic rings. The number of H-pyrrole nitrogens is 3. The van der Waals surface area contributed by atoms with Crippen LogP contribution in [0, 0.1) is 0 Å². The third-order valence-electron chi connectivity index (χ3n) is 9.40. The molecule has 0 atom stereocenters. The van der Waals surface area contributed by atoms with Gasteiger partial charge in [-0.1, -0.05) is 6.07 Å². The maximum atomic E-state index is 11.8. The molecule has 5 heterocycles. The van der Waals surface area contributed by atoms with Gasteiger partial charge in [-0.05, 0) is 90.3 Å². The number of nitrogens with one attached hydrogen (secondary N) is 3. The van der Waals surface area contributed by atoms with Gasteiger partial charge in [-0.3, -0.25) is 9.98 Å². The number of methoxy groups -OCH3 is 2. The topological polar surface area (TPSA) is 131 Å². The van der Waals surface area contributed by atoms with Gasteiger partial charge in [0, 0.05) is 64.1 Å². The molecule has 0 unspecified atom stereocenters. The van der Waals surface area contributed by atoms with E-state index in [4.69, 9.17) is 19.5 Å². The maximum Gasteiger partial charge on any atom is 1.00 e. The second kappa shape index (κ2) is 12.1. The zero-order valence-electron chi connectivity index (χ0n) is 26.1.